The largest absolute Gasteiger partial charge is 0.461 e. The summed E-state index contributed by atoms with van der Waals surface area (Å²) in [6.45, 7) is 1.85. The summed E-state index contributed by atoms with van der Waals surface area (Å²) < 4.78 is 17.8. The third-order valence-electron chi connectivity index (χ3n) is 1.61. The molecular formula is C9H7FO. The smallest absolute Gasteiger partial charge is 0.137 e. The van der Waals surface area contributed by atoms with Crippen LogP contribution in [0.3, 0.4) is 0 Å². The minimum absolute atomic E-state index is 0.258. The zero-order valence-electron chi connectivity index (χ0n) is 6.10. The monoisotopic (exact) mass is 150 g/mol. The number of hydrogen-bond donors (Lipinski definition) is 0. The van der Waals surface area contributed by atoms with Crippen molar-refractivity contribution in [3.05, 3.63) is 35.8 Å². The molecule has 1 nitrogen and oxygen atoms in total. The first-order valence-corrected chi connectivity index (χ1v) is 3.41. The van der Waals surface area contributed by atoms with E-state index < -0.39 is 0 Å². The van der Waals surface area contributed by atoms with Crippen LogP contribution in [0.1, 0.15) is 5.76 Å². The molecule has 0 amide bonds. The molecular weight excluding hydrogens is 143 g/mol. The summed E-state index contributed by atoms with van der Waals surface area (Å²) in [7, 11) is 0. The predicted molar refractivity (Wildman–Crippen MR) is 40.9 cm³/mol. The Morgan fingerprint density at radius 3 is 2.91 bits per heavy atom. The Kier molecular flexibility index (Phi) is 1.22. The van der Waals surface area contributed by atoms with Gasteiger partial charge in [-0.05, 0) is 25.1 Å². The van der Waals surface area contributed by atoms with Crippen LogP contribution in [0.2, 0.25) is 0 Å². The summed E-state index contributed by atoms with van der Waals surface area (Å²) in [5.74, 6) is 0.553. The second kappa shape index (κ2) is 2.09. The van der Waals surface area contributed by atoms with Crippen molar-refractivity contribution in [3.63, 3.8) is 0 Å². The maximum Gasteiger partial charge on any atom is 0.137 e. The SMILES string of the molecule is Cc1cc2ccc(F)cc2o1. The van der Waals surface area contributed by atoms with Gasteiger partial charge in [-0.2, -0.15) is 0 Å². The maximum atomic E-state index is 12.6. The second-order valence-corrected chi connectivity index (χ2v) is 2.54. The lowest BCUT2D eigenvalue weighted by Crippen LogP contribution is -1.68. The van der Waals surface area contributed by atoms with Crippen molar-refractivity contribution in [2.75, 3.05) is 0 Å². The number of aryl methyl sites for hydroxylation is 1. The van der Waals surface area contributed by atoms with Gasteiger partial charge >= 0.3 is 0 Å². The Bertz CT molecular complexity index is 389. The molecule has 0 radical (unpaired) electrons. The summed E-state index contributed by atoms with van der Waals surface area (Å²) in [4.78, 5) is 0. The fraction of sp³-hybridized carbons (Fsp3) is 0.111. The van der Waals surface area contributed by atoms with E-state index in [0.717, 1.165) is 11.1 Å². The molecule has 0 aliphatic heterocycles. The highest BCUT2D eigenvalue weighted by molar-refractivity contribution is 5.77. The quantitative estimate of drug-likeness (QED) is 0.562. The molecule has 0 fully saturated rings. The van der Waals surface area contributed by atoms with E-state index in [9.17, 15) is 4.39 Å². The third kappa shape index (κ3) is 1.00. The number of hydrogen-bond acceptors (Lipinski definition) is 1. The van der Waals surface area contributed by atoms with Gasteiger partial charge in [0.15, 0.2) is 0 Å². The number of fused-ring (bicyclic) bond motifs is 1. The van der Waals surface area contributed by atoms with Crippen molar-refractivity contribution in [3.8, 4) is 0 Å². The van der Waals surface area contributed by atoms with Crippen molar-refractivity contribution in [1.29, 1.82) is 0 Å². The van der Waals surface area contributed by atoms with Gasteiger partial charge in [-0.15, -0.1) is 0 Å². The molecule has 0 bridgehead atoms. The first kappa shape index (κ1) is 6.40. The molecule has 0 saturated carbocycles. The standard InChI is InChI=1S/C9H7FO/c1-6-4-7-2-3-8(10)5-9(7)11-6/h2-5H,1H3. The fourth-order valence-electron chi connectivity index (χ4n) is 1.14. The molecule has 0 spiro atoms. The Morgan fingerprint density at radius 2 is 2.09 bits per heavy atom. The van der Waals surface area contributed by atoms with Crippen LogP contribution in [0.4, 0.5) is 4.39 Å². The number of furan rings is 1. The van der Waals surface area contributed by atoms with E-state index in [0.29, 0.717) is 5.58 Å². The molecule has 2 aromatic rings. The molecule has 0 aliphatic carbocycles. The van der Waals surface area contributed by atoms with Crippen LogP contribution in [0.25, 0.3) is 11.0 Å². The van der Waals surface area contributed by atoms with Gasteiger partial charge in [0.25, 0.3) is 0 Å². The van der Waals surface area contributed by atoms with E-state index in [1.165, 1.54) is 12.1 Å². The minimum atomic E-state index is -0.258. The van der Waals surface area contributed by atoms with Gasteiger partial charge in [0, 0.05) is 11.5 Å². The van der Waals surface area contributed by atoms with Gasteiger partial charge in [0.2, 0.25) is 0 Å². The van der Waals surface area contributed by atoms with Crippen LogP contribution in [0, 0.1) is 12.7 Å². The van der Waals surface area contributed by atoms with E-state index >= 15 is 0 Å². The lowest BCUT2D eigenvalue weighted by Gasteiger charge is -1.86. The molecule has 2 rings (SSSR count). The van der Waals surface area contributed by atoms with Gasteiger partial charge < -0.3 is 4.42 Å². The molecule has 0 atom stereocenters. The van der Waals surface area contributed by atoms with Crippen molar-refractivity contribution < 1.29 is 8.81 Å². The Labute approximate surface area is 63.4 Å². The zero-order valence-corrected chi connectivity index (χ0v) is 6.10. The lowest BCUT2D eigenvalue weighted by molar-refractivity contribution is 0.571. The molecule has 0 saturated heterocycles. The van der Waals surface area contributed by atoms with Crippen molar-refractivity contribution in [2.45, 2.75) is 6.92 Å². The first-order chi connectivity index (χ1) is 5.25. The number of benzene rings is 1. The highest BCUT2D eigenvalue weighted by atomic mass is 19.1. The van der Waals surface area contributed by atoms with Gasteiger partial charge in [-0.3, -0.25) is 0 Å². The average Bonchev–Trinajstić information content (AvgIpc) is 2.27. The molecule has 11 heavy (non-hydrogen) atoms. The van der Waals surface area contributed by atoms with E-state index in [4.69, 9.17) is 4.42 Å². The Morgan fingerprint density at radius 1 is 1.27 bits per heavy atom. The third-order valence-corrected chi connectivity index (χ3v) is 1.61. The molecule has 56 valence electrons. The number of halogens is 1. The van der Waals surface area contributed by atoms with Crippen LogP contribution < -0.4 is 0 Å². The molecule has 1 heterocycles. The molecule has 1 aromatic carbocycles. The normalized spacial score (nSPS) is 10.7. The number of rotatable bonds is 0. The van der Waals surface area contributed by atoms with Crippen LogP contribution in [0.5, 0.6) is 0 Å². The fourth-order valence-corrected chi connectivity index (χ4v) is 1.14. The topological polar surface area (TPSA) is 13.1 Å². The molecule has 1 aromatic heterocycles. The zero-order chi connectivity index (χ0) is 7.84. The Balaban J connectivity index is 2.82. The first-order valence-electron chi connectivity index (χ1n) is 3.41. The highest BCUT2D eigenvalue weighted by Gasteiger charge is 1.99. The molecule has 0 unspecified atom stereocenters. The second-order valence-electron chi connectivity index (χ2n) is 2.54. The van der Waals surface area contributed by atoms with Gasteiger partial charge in [-0.25, -0.2) is 4.39 Å². The van der Waals surface area contributed by atoms with E-state index in [1.807, 2.05) is 13.0 Å². The lowest BCUT2D eigenvalue weighted by atomic mass is 10.2. The highest BCUT2D eigenvalue weighted by Crippen LogP contribution is 2.19. The van der Waals surface area contributed by atoms with Crippen molar-refractivity contribution in [2.24, 2.45) is 0 Å². The van der Waals surface area contributed by atoms with E-state index in [2.05, 4.69) is 0 Å². The summed E-state index contributed by atoms with van der Waals surface area (Å²) in [6, 6.07) is 6.41. The van der Waals surface area contributed by atoms with E-state index in [-0.39, 0.29) is 5.82 Å². The van der Waals surface area contributed by atoms with Crippen molar-refractivity contribution in [1.82, 2.24) is 0 Å². The summed E-state index contributed by atoms with van der Waals surface area (Å²) in [5.41, 5.74) is 0.613. The maximum absolute atomic E-state index is 12.6. The average molecular weight is 150 g/mol. The molecule has 2 heteroatoms. The van der Waals surface area contributed by atoms with Crippen LogP contribution in [-0.4, -0.2) is 0 Å². The van der Waals surface area contributed by atoms with Gasteiger partial charge in [0.05, 0.1) is 0 Å². The van der Waals surface area contributed by atoms with Gasteiger partial charge in [-0.1, -0.05) is 0 Å². The van der Waals surface area contributed by atoms with Crippen LogP contribution in [-0.2, 0) is 0 Å². The minimum Gasteiger partial charge on any atom is -0.461 e. The van der Waals surface area contributed by atoms with Gasteiger partial charge in [0.1, 0.15) is 17.2 Å². The van der Waals surface area contributed by atoms with Crippen LogP contribution in [0.15, 0.2) is 28.7 Å². The summed E-state index contributed by atoms with van der Waals surface area (Å²) >= 11 is 0. The predicted octanol–water partition coefficient (Wildman–Crippen LogP) is 2.88. The van der Waals surface area contributed by atoms with Crippen LogP contribution >= 0.6 is 0 Å². The molecule has 0 aliphatic rings. The Hall–Kier alpha value is -1.31. The van der Waals surface area contributed by atoms with Crippen molar-refractivity contribution >= 4 is 11.0 Å². The van der Waals surface area contributed by atoms with E-state index in [1.54, 1.807) is 6.07 Å². The summed E-state index contributed by atoms with van der Waals surface area (Å²) in [6.07, 6.45) is 0. The summed E-state index contributed by atoms with van der Waals surface area (Å²) in [5, 5.41) is 0.948. The molecule has 0 N–H and O–H groups in total.